The van der Waals surface area contributed by atoms with Crippen LogP contribution in [0.1, 0.15) is 36.2 Å². The van der Waals surface area contributed by atoms with E-state index in [9.17, 15) is 9.59 Å². The van der Waals surface area contributed by atoms with E-state index in [1.165, 1.54) is 6.92 Å². The van der Waals surface area contributed by atoms with Crippen molar-refractivity contribution in [3.8, 4) is 12.3 Å². The lowest BCUT2D eigenvalue weighted by Gasteiger charge is -2.10. The van der Waals surface area contributed by atoms with Gasteiger partial charge in [0.2, 0.25) is 5.91 Å². The Labute approximate surface area is 113 Å². The van der Waals surface area contributed by atoms with Gasteiger partial charge in [-0.3, -0.25) is 9.59 Å². The number of amides is 2. The van der Waals surface area contributed by atoms with E-state index in [0.29, 0.717) is 24.2 Å². The van der Waals surface area contributed by atoms with Crippen LogP contribution in [0, 0.1) is 12.3 Å². The summed E-state index contributed by atoms with van der Waals surface area (Å²) in [5.74, 6) is 2.18. The summed E-state index contributed by atoms with van der Waals surface area (Å²) in [7, 11) is 0. The molecule has 0 fully saturated rings. The summed E-state index contributed by atoms with van der Waals surface area (Å²) in [6.07, 6.45) is 6.54. The molecule has 1 rings (SSSR count). The van der Waals surface area contributed by atoms with Gasteiger partial charge in [-0.2, -0.15) is 0 Å². The Balaban J connectivity index is 3.04. The van der Waals surface area contributed by atoms with E-state index in [2.05, 4.69) is 16.6 Å². The number of carbonyl (C=O) groups excluding carboxylic acids is 2. The third-order valence-corrected chi connectivity index (χ3v) is 2.50. The van der Waals surface area contributed by atoms with Crippen molar-refractivity contribution in [2.75, 3.05) is 11.9 Å². The standard InChI is InChI=1S/C15H18N2O2/c1-4-6-12-7-8-13(17-11(3)18)10-14(12)15(19)16-9-5-2/h1,7-8,10H,5-6,9H2,2-3H3,(H,16,19)(H,17,18). The molecule has 0 aromatic heterocycles. The average Bonchev–Trinajstić information content (AvgIpc) is 2.37. The van der Waals surface area contributed by atoms with E-state index >= 15 is 0 Å². The first-order chi connectivity index (χ1) is 9.08. The van der Waals surface area contributed by atoms with Crippen molar-refractivity contribution < 1.29 is 9.59 Å². The fraction of sp³-hybridized carbons (Fsp3) is 0.333. The first-order valence-corrected chi connectivity index (χ1v) is 6.20. The average molecular weight is 258 g/mol. The lowest BCUT2D eigenvalue weighted by atomic mass is 10.0. The van der Waals surface area contributed by atoms with Crippen molar-refractivity contribution in [1.82, 2.24) is 5.32 Å². The molecule has 0 bridgehead atoms. The van der Waals surface area contributed by atoms with Crippen LogP contribution < -0.4 is 10.6 Å². The first-order valence-electron chi connectivity index (χ1n) is 6.20. The number of terminal acetylenes is 1. The van der Waals surface area contributed by atoms with E-state index in [-0.39, 0.29) is 11.8 Å². The summed E-state index contributed by atoms with van der Waals surface area (Å²) < 4.78 is 0. The van der Waals surface area contributed by atoms with Gasteiger partial charge in [0.1, 0.15) is 0 Å². The van der Waals surface area contributed by atoms with Gasteiger partial charge in [-0.15, -0.1) is 12.3 Å². The van der Waals surface area contributed by atoms with Crippen LogP contribution in [0.2, 0.25) is 0 Å². The Morgan fingerprint density at radius 2 is 2.11 bits per heavy atom. The molecule has 100 valence electrons. The molecule has 0 aliphatic carbocycles. The fourth-order valence-electron chi connectivity index (χ4n) is 1.67. The highest BCUT2D eigenvalue weighted by molar-refractivity contribution is 5.98. The second-order valence-corrected chi connectivity index (χ2v) is 4.19. The molecule has 1 aromatic carbocycles. The van der Waals surface area contributed by atoms with Crippen LogP contribution in [0.5, 0.6) is 0 Å². The summed E-state index contributed by atoms with van der Waals surface area (Å²) in [6.45, 7) is 4.02. The zero-order valence-electron chi connectivity index (χ0n) is 11.2. The van der Waals surface area contributed by atoms with Gasteiger partial charge >= 0.3 is 0 Å². The molecular weight excluding hydrogens is 240 g/mol. The monoisotopic (exact) mass is 258 g/mol. The second-order valence-electron chi connectivity index (χ2n) is 4.19. The first kappa shape index (κ1) is 14.8. The summed E-state index contributed by atoms with van der Waals surface area (Å²) in [5, 5.41) is 5.46. The third-order valence-electron chi connectivity index (χ3n) is 2.50. The van der Waals surface area contributed by atoms with Gasteiger partial charge in [-0.05, 0) is 24.1 Å². The number of hydrogen-bond acceptors (Lipinski definition) is 2. The van der Waals surface area contributed by atoms with E-state index in [1.807, 2.05) is 6.92 Å². The number of carbonyl (C=O) groups is 2. The predicted octanol–water partition coefficient (Wildman–Crippen LogP) is 1.96. The molecule has 0 saturated carbocycles. The minimum absolute atomic E-state index is 0.167. The molecular formula is C15H18N2O2. The number of anilines is 1. The maximum atomic E-state index is 12.0. The summed E-state index contributed by atoms with van der Waals surface area (Å²) >= 11 is 0. The van der Waals surface area contributed by atoms with Crippen LogP contribution in [-0.2, 0) is 11.2 Å². The molecule has 4 nitrogen and oxygen atoms in total. The maximum Gasteiger partial charge on any atom is 0.251 e. The lowest BCUT2D eigenvalue weighted by molar-refractivity contribution is -0.114. The fourth-order valence-corrected chi connectivity index (χ4v) is 1.67. The normalized spacial score (nSPS) is 9.53. The molecule has 0 radical (unpaired) electrons. The Morgan fingerprint density at radius 1 is 1.37 bits per heavy atom. The van der Waals surface area contributed by atoms with E-state index in [0.717, 1.165) is 12.0 Å². The van der Waals surface area contributed by atoms with Gasteiger partial charge in [0.25, 0.3) is 5.91 Å². The number of nitrogens with one attached hydrogen (secondary N) is 2. The van der Waals surface area contributed by atoms with Gasteiger partial charge in [0.05, 0.1) is 0 Å². The molecule has 0 aliphatic heterocycles. The van der Waals surface area contributed by atoms with Gasteiger partial charge in [0.15, 0.2) is 0 Å². The van der Waals surface area contributed by atoms with Crippen LogP contribution in [0.3, 0.4) is 0 Å². The molecule has 2 amide bonds. The topological polar surface area (TPSA) is 58.2 Å². The van der Waals surface area contributed by atoms with E-state index < -0.39 is 0 Å². The highest BCUT2D eigenvalue weighted by Gasteiger charge is 2.11. The Kier molecular flexibility index (Phi) is 5.62. The minimum Gasteiger partial charge on any atom is -0.352 e. The van der Waals surface area contributed by atoms with Gasteiger partial charge in [-0.25, -0.2) is 0 Å². The summed E-state index contributed by atoms with van der Waals surface area (Å²) in [5.41, 5.74) is 1.89. The molecule has 0 unspecified atom stereocenters. The van der Waals surface area contributed by atoms with Crippen molar-refractivity contribution in [3.63, 3.8) is 0 Å². The van der Waals surface area contributed by atoms with Crippen LogP contribution in [-0.4, -0.2) is 18.4 Å². The smallest absolute Gasteiger partial charge is 0.251 e. The molecule has 19 heavy (non-hydrogen) atoms. The molecule has 0 atom stereocenters. The number of benzene rings is 1. The van der Waals surface area contributed by atoms with Crippen molar-refractivity contribution in [2.24, 2.45) is 0 Å². The highest BCUT2D eigenvalue weighted by atomic mass is 16.2. The third kappa shape index (κ3) is 4.47. The lowest BCUT2D eigenvalue weighted by Crippen LogP contribution is -2.25. The Bertz CT molecular complexity index is 515. The van der Waals surface area contributed by atoms with Crippen LogP contribution in [0.15, 0.2) is 18.2 Å². The summed E-state index contributed by atoms with van der Waals surface area (Å²) in [4.78, 5) is 23.1. The number of hydrogen-bond donors (Lipinski definition) is 2. The molecule has 2 N–H and O–H groups in total. The van der Waals surface area contributed by atoms with Crippen LogP contribution in [0.25, 0.3) is 0 Å². The van der Waals surface area contributed by atoms with Crippen LogP contribution in [0.4, 0.5) is 5.69 Å². The molecule has 0 aliphatic rings. The summed E-state index contributed by atoms with van der Waals surface area (Å²) in [6, 6.07) is 5.16. The molecule has 0 spiro atoms. The highest BCUT2D eigenvalue weighted by Crippen LogP contribution is 2.16. The molecule has 4 heteroatoms. The van der Waals surface area contributed by atoms with Gasteiger partial charge in [0, 0.05) is 31.1 Å². The van der Waals surface area contributed by atoms with Crippen molar-refractivity contribution in [3.05, 3.63) is 29.3 Å². The maximum absolute atomic E-state index is 12.0. The van der Waals surface area contributed by atoms with E-state index in [1.54, 1.807) is 18.2 Å². The molecule has 1 aromatic rings. The number of rotatable bonds is 5. The van der Waals surface area contributed by atoms with Crippen molar-refractivity contribution in [1.29, 1.82) is 0 Å². The minimum atomic E-state index is -0.176. The Morgan fingerprint density at radius 3 is 2.68 bits per heavy atom. The Hall–Kier alpha value is -2.28. The molecule has 0 heterocycles. The van der Waals surface area contributed by atoms with E-state index in [4.69, 9.17) is 6.42 Å². The SMILES string of the molecule is C#CCc1ccc(NC(C)=O)cc1C(=O)NCCC. The largest absolute Gasteiger partial charge is 0.352 e. The van der Waals surface area contributed by atoms with Crippen molar-refractivity contribution >= 4 is 17.5 Å². The van der Waals surface area contributed by atoms with Crippen LogP contribution >= 0.6 is 0 Å². The van der Waals surface area contributed by atoms with Gasteiger partial charge in [-0.1, -0.05) is 13.0 Å². The second kappa shape index (κ2) is 7.22. The molecule has 0 saturated heterocycles. The quantitative estimate of drug-likeness (QED) is 0.793. The predicted molar refractivity (Wildman–Crippen MR) is 75.9 cm³/mol. The van der Waals surface area contributed by atoms with Gasteiger partial charge < -0.3 is 10.6 Å². The van der Waals surface area contributed by atoms with Crippen molar-refractivity contribution in [2.45, 2.75) is 26.7 Å². The zero-order chi connectivity index (χ0) is 14.3. The zero-order valence-corrected chi connectivity index (χ0v) is 11.2.